The first-order valence-corrected chi connectivity index (χ1v) is 6.19. The lowest BCUT2D eigenvalue weighted by Crippen LogP contribution is -2.30. The van der Waals surface area contributed by atoms with Crippen LogP contribution in [0.15, 0.2) is 18.2 Å². The average molecular weight is 309 g/mol. The van der Waals surface area contributed by atoms with Crippen molar-refractivity contribution in [1.82, 2.24) is 5.32 Å². The summed E-state index contributed by atoms with van der Waals surface area (Å²) in [4.78, 5) is 11.2. The van der Waals surface area contributed by atoms with Crippen molar-refractivity contribution < 1.29 is 9.18 Å². The number of alkyl halides is 1. The molecule has 0 bridgehead atoms. The van der Waals surface area contributed by atoms with Crippen LogP contribution < -0.4 is 5.32 Å². The second-order valence-corrected chi connectivity index (χ2v) is 4.85. The molecule has 16 heavy (non-hydrogen) atoms. The van der Waals surface area contributed by atoms with Crippen LogP contribution in [0.5, 0.6) is 0 Å². The number of amides is 1. The van der Waals surface area contributed by atoms with E-state index in [1.807, 2.05) is 6.92 Å². The maximum atomic E-state index is 12.9. The number of rotatable bonds is 4. The highest BCUT2D eigenvalue weighted by molar-refractivity contribution is 9.10. The van der Waals surface area contributed by atoms with Crippen molar-refractivity contribution in [3.05, 3.63) is 34.6 Å². The summed E-state index contributed by atoms with van der Waals surface area (Å²) >= 11 is 8.87. The normalized spacial score (nSPS) is 12.2. The number of benzene rings is 1. The third-order valence-electron chi connectivity index (χ3n) is 2.09. The Balaban J connectivity index is 2.55. The summed E-state index contributed by atoms with van der Waals surface area (Å²) in [7, 11) is 0. The minimum atomic E-state index is -0.455. The molecule has 1 amide bonds. The third kappa shape index (κ3) is 3.76. The Hall–Kier alpha value is -0.610. The van der Waals surface area contributed by atoms with E-state index in [9.17, 15) is 9.18 Å². The molecular weight excluding hydrogens is 296 g/mol. The molecule has 1 rings (SSSR count). The van der Waals surface area contributed by atoms with Gasteiger partial charge < -0.3 is 5.32 Å². The predicted octanol–water partition coefficient (Wildman–Crippen LogP) is 3.27. The average Bonchev–Trinajstić information content (AvgIpc) is 2.29. The SMILES string of the molecule is CCC(Br)C(=O)NCc1ccc(F)c(Cl)c1. The van der Waals surface area contributed by atoms with E-state index in [0.29, 0.717) is 6.54 Å². The van der Waals surface area contributed by atoms with Crippen LogP contribution in [0.25, 0.3) is 0 Å². The van der Waals surface area contributed by atoms with Crippen molar-refractivity contribution in [1.29, 1.82) is 0 Å². The van der Waals surface area contributed by atoms with E-state index in [1.165, 1.54) is 12.1 Å². The molecule has 0 saturated heterocycles. The van der Waals surface area contributed by atoms with Crippen molar-refractivity contribution in [3.8, 4) is 0 Å². The van der Waals surface area contributed by atoms with Gasteiger partial charge in [0.15, 0.2) is 0 Å². The highest BCUT2D eigenvalue weighted by Gasteiger charge is 2.11. The topological polar surface area (TPSA) is 29.1 Å². The van der Waals surface area contributed by atoms with Crippen molar-refractivity contribution in [2.45, 2.75) is 24.7 Å². The molecule has 1 unspecified atom stereocenters. The van der Waals surface area contributed by atoms with Gasteiger partial charge in [0.2, 0.25) is 5.91 Å². The molecule has 0 aromatic heterocycles. The molecule has 1 N–H and O–H groups in total. The fourth-order valence-electron chi connectivity index (χ4n) is 1.13. The summed E-state index contributed by atoms with van der Waals surface area (Å²) in [5.74, 6) is -0.536. The number of hydrogen-bond donors (Lipinski definition) is 1. The molecule has 0 aliphatic heterocycles. The second-order valence-electron chi connectivity index (χ2n) is 3.34. The Morgan fingerprint density at radius 2 is 2.31 bits per heavy atom. The van der Waals surface area contributed by atoms with Gasteiger partial charge >= 0.3 is 0 Å². The van der Waals surface area contributed by atoms with E-state index in [2.05, 4.69) is 21.2 Å². The summed E-state index contributed by atoms with van der Waals surface area (Å²) in [5.41, 5.74) is 0.774. The van der Waals surface area contributed by atoms with Crippen LogP contribution in [-0.4, -0.2) is 10.7 Å². The van der Waals surface area contributed by atoms with Crippen LogP contribution in [0.4, 0.5) is 4.39 Å². The Bertz CT molecular complexity index is 386. The van der Waals surface area contributed by atoms with E-state index >= 15 is 0 Å². The van der Waals surface area contributed by atoms with Crippen LogP contribution in [0.2, 0.25) is 5.02 Å². The predicted molar refractivity (Wildman–Crippen MR) is 66.3 cm³/mol. The molecule has 0 heterocycles. The maximum Gasteiger partial charge on any atom is 0.234 e. The molecule has 1 aromatic rings. The van der Waals surface area contributed by atoms with E-state index in [-0.39, 0.29) is 15.8 Å². The van der Waals surface area contributed by atoms with Gasteiger partial charge in [0.1, 0.15) is 5.82 Å². The molecular formula is C11H12BrClFNO. The van der Waals surface area contributed by atoms with Crippen molar-refractivity contribution >= 4 is 33.4 Å². The third-order valence-corrected chi connectivity index (χ3v) is 3.45. The standard InChI is InChI=1S/C11H12BrClFNO/c1-2-8(12)11(16)15-6-7-3-4-10(14)9(13)5-7/h3-5,8H,2,6H2,1H3,(H,15,16). The number of halogens is 3. The monoisotopic (exact) mass is 307 g/mol. The fraction of sp³-hybridized carbons (Fsp3) is 0.364. The maximum absolute atomic E-state index is 12.9. The zero-order chi connectivity index (χ0) is 12.1. The van der Waals surface area contributed by atoms with Gasteiger partial charge in [-0.25, -0.2) is 4.39 Å². The van der Waals surface area contributed by atoms with Gasteiger partial charge in [-0.1, -0.05) is 40.5 Å². The smallest absolute Gasteiger partial charge is 0.234 e. The van der Waals surface area contributed by atoms with E-state index < -0.39 is 5.82 Å². The number of nitrogens with one attached hydrogen (secondary N) is 1. The van der Waals surface area contributed by atoms with Gasteiger partial charge in [-0.2, -0.15) is 0 Å². The fourth-order valence-corrected chi connectivity index (χ4v) is 1.50. The van der Waals surface area contributed by atoms with Crippen LogP contribution in [0, 0.1) is 5.82 Å². The highest BCUT2D eigenvalue weighted by Crippen LogP contribution is 2.16. The summed E-state index contributed by atoms with van der Waals surface area (Å²) in [6, 6.07) is 4.39. The summed E-state index contributed by atoms with van der Waals surface area (Å²) in [6.45, 7) is 2.26. The quantitative estimate of drug-likeness (QED) is 0.850. The Kier molecular flexibility index (Phi) is 5.22. The largest absolute Gasteiger partial charge is 0.351 e. The van der Waals surface area contributed by atoms with Crippen molar-refractivity contribution in [2.24, 2.45) is 0 Å². The minimum Gasteiger partial charge on any atom is -0.351 e. The minimum absolute atomic E-state index is 0.0673. The van der Waals surface area contributed by atoms with Gasteiger partial charge in [0, 0.05) is 6.54 Å². The zero-order valence-electron chi connectivity index (χ0n) is 8.77. The van der Waals surface area contributed by atoms with Gasteiger partial charge in [-0.15, -0.1) is 0 Å². The first-order chi connectivity index (χ1) is 7.54. The molecule has 5 heteroatoms. The lowest BCUT2D eigenvalue weighted by atomic mass is 10.2. The molecule has 1 aromatic carbocycles. The number of carbonyl (C=O) groups is 1. The van der Waals surface area contributed by atoms with Gasteiger partial charge in [0.05, 0.1) is 9.85 Å². The Labute approximate surface area is 107 Å². The molecule has 0 radical (unpaired) electrons. The van der Waals surface area contributed by atoms with Crippen molar-refractivity contribution in [2.75, 3.05) is 0 Å². The summed E-state index contributed by atoms with van der Waals surface area (Å²) < 4.78 is 12.9. The molecule has 1 atom stereocenters. The Morgan fingerprint density at radius 1 is 1.62 bits per heavy atom. The Morgan fingerprint density at radius 3 is 2.88 bits per heavy atom. The van der Waals surface area contributed by atoms with E-state index in [0.717, 1.165) is 12.0 Å². The van der Waals surface area contributed by atoms with Crippen LogP contribution in [0.1, 0.15) is 18.9 Å². The van der Waals surface area contributed by atoms with Crippen LogP contribution >= 0.6 is 27.5 Å². The van der Waals surface area contributed by atoms with Gasteiger partial charge in [0.25, 0.3) is 0 Å². The lowest BCUT2D eigenvalue weighted by Gasteiger charge is -2.09. The van der Waals surface area contributed by atoms with E-state index in [1.54, 1.807) is 6.07 Å². The van der Waals surface area contributed by atoms with Gasteiger partial charge in [-0.3, -0.25) is 4.79 Å². The van der Waals surface area contributed by atoms with Crippen LogP contribution in [0.3, 0.4) is 0 Å². The molecule has 2 nitrogen and oxygen atoms in total. The molecule has 0 aliphatic rings. The summed E-state index contributed by atoms with van der Waals surface area (Å²) in [6.07, 6.45) is 0.718. The second kappa shape index (κ2) is 6.21. The number of hydrogen-bond acceptors (Lipinski definition) is 1. The van der Waals surface area contributed by atoms with Crippen molar-refractivity contribution in [3.63, 3.8) is 0 Å². The molecule has 0 saturated carbocycles. The van der Waals surface area contributed by atoms with Gasteiger partial charge in [-0.05, 0) is 24.1 Å². The highest BCUT2D eigenvalue weighted by atomic mass is 79.9. The molecule has 88 valence electrons. The number of carbonyl (C=O) groups excluding carboxylic acids is 1. The van der Waals surface area contributed by atoms with Crippen LogP contribution in [-0.2, 0) is 11.3 Å². The zero-order valence-corrected chi connectivity index (χ0v) is 11.1. The molecule has 0 aliphatic carbocycles. The molecule has 0 fully saturated rings. The lowest BCUT2D eigenvalue weighted by molar-refractivity contribution is -0.120. The molecule has 0 spiro atoms. The first-order valence-electron chi connectivity index (χ1n) is 4.90. The summed E-state index contributed by atoms with van der Waals surface area (Å²) in [5, 5.41) is 2.80. The van der Waals surface area contributed by atoms with E-state index in [4.69, 9.17) is 11.6 Å². The first kappa shape index (κ1) is 13.5.